The monoisotopic (exact) mass is 342 g/mol. The van der Waals surface area contributed by atoms with Gasteiger partial charge in [-0.05, 0) is 48.5 Å². The molecule has 4 aromatic rings. The molecular formula is C19H14N6O. The van der Waals surface area contributed by atoms with Gasteiger partial charge in [0.25, 0.3) is 0 Å². The van der Waals surface area contributed by atoms with Gasteiger partial charge in [-0.2, -0.15) is 10.2 Å². The van der Waals surface area contributed by atoms with Gasteiger partial charge in [0.2, 0.25) is 5.95 Å². The van der Waals surface area contributed by atoms with Crippen molar-refractivity contribution in [1.29, 1.82) is 5.26 Å². The minimum atomic E-state index is 0.361. The fourth-order valence-electron chi connectivity index (χ4n) is 2.60. The first-order chi connectivity index (χ1) is 12.8. The molecule has 0 saturated heterocycles. The highest BCUT2D eigenvalue weighted by molar-refractivity contribution is 5.65. The molecule has 1 aromatic carbocycles. The van der Waals surface area contributed by atoms with Gasteiger partial charge in [-0.1, -0.05) is 6.07 Å². The molecule has 0 atom stereocenters. The minimum absolute atomic E-state index is 0.361. The van der Waals surface area contributed by atoms with E-state index in [4.69, 9.17) is 10.00 Å². The number of benzene rings is 1. The molecule has 0 spiro atoms. The topological polar surface area (TPSA) is 88.1 Å². The smallest absolute Gasteiger partial charge is 0.247 e. The molecular weight excluding hydrogens is 328 g/mol. The molecule has 4 rings (SSSR count). The summed E-state index contributed by atoms with van der Waals surface area (Å²) in [5, 5.41) is 16.5. The van der Waals surface area contributed by atoms with E-state index in [0.717, 1.165) is 22.7 Å². The van der Waals surface area contributed by atoms with E-state index in [0.29, 0.717) is 17.3 Å². The Labute approximate surface area is 149 Å². The van der Waals surface area contributed by atoms with Gasteiger partial charge < -0.3 is 10.1 Å². The third-order valence-electron chi connectivity index (χ3n) is 3.88. The predicted octanol–water partition coefficient (Wildman–Crippen LogP) is 3.42. The Morgan fingerprint density at radius 1 is 1.08 bits per heavy atom. The highest BCUT2D eigenvalue weighted by Gasteiger charge is 2.09. The minimum Gasteiger partial charge on any atom is -0.497 e. The number of nitrogens with zero attached hydrogens (tertiary/aromatic N) is 5. The molecule has 0 fully saturated rings. The van der Waals surface area contributed by atoms with Crippen molar-refractivity contribution < 1.29 is 4.74 Å². The van der Waals surface area contributed by atoms with Gasteiger partial charge in [0.05, 0.1) is 24.7 Å². The van der Waals surface area contributed by atoms with Crippen LogP contribution in [-0.4, -0.2) is 26.7 Å². The molecule has 0 saturated carbocycles. The van der Waals surface area contributed by atoms with Crippen LogP contribution in [0.5, 0.6) is 5.75 Å². The van der Waals surface area contributed by atoms with E-state index in [1.165, 1.54) is 0 Å². The quantitative estimate of drug-likeness (QED) is 0.611. The molecule has 0 aliphatic carbocycles. The second kappa shape index (κ2) is 6.53. The maximum absolute atomic E-state index is 8.82. The van der Waals surface area contributed by atoms with Crippen LogP contribution in [0.25, 0.3) is 16.9 Å². The van der Waals surface area contributed by atoms with Crippen molar-refractivity contribution in [1.82, 2.24) is 19.6 Å². The van der Waals surface area contributed by atoms with E-state index in [1.54, 1.807) is 30.0 Å². The molecule has 0 amide bonds. The number of pyridine rings is 2. The fourth-order valence-corrected chi connectivity index (χ4v) is 2.60. The lowest BCUT2D eigenvalue weighted by Crippen LogP contribution is -1.96. The van der Waals surface area contributed by atoms with Gasteiger partial charge in [-0.3, -0.25) is 0 Å². The second-order valence-electron chi connectivity index (χ2n) is 5.51. The van der Waals surface area contributed by atoms with E-state index in [9.17, 15) is 0 Å². The lowest BCUT2D eigenvalue weighted by atomic mass is 10.1. The van der Waals surface area contributed by atoms with Gasteiger partial charge in [-0.15, -0.1) is 5.10 Å². The zero-order valence-electron chi connectivity index (χ0n) is 13.9. The number of hydrogen-bond donors (Lipinski definition) is 1. The third kappa shape index (κ3) is 2.91. The Kier molecular flexibility index (Phi) is 3.92. The number of aromatic nitrogens is 4. The van der Waals surface area contributed by atoms with Crippen LogP contribution >= 0.6 is 0 Å². The van der Waals surface area contributed by atoms with Gasteiger partial charge in [0.1, 0.15) is 17.5 Å². The van der Waals surface area contributed by atoms with Crippen LogP contribution < -0.4 is 10.1 Å². The zero-order chi connectivity index (χ0) is 17.9. The molecule has 26 heavy (non-hydrogen) atoms. The number of rotatable bonds is 4. The van der Waals surface area contributed by atoms with Crippen molar-refractivity contribution in [3.63, 3.8) is 0 Å². The SMILES string of the molecule is COc1ccc(-c2cccc3nc(Nc4ccc(C#N)nc4)nn23)cc1. The average molecular weight is 342 g/mol. The molecule has 126 valence electrons. The lowest BCUT2D eigenvalue weighted by molar-refractivity contribution is 0.415. The van der Waals surface area contributed by atoms with Crippen LogP contribution in [0.3, 0.4) is 0 Å². The number of nitrogens with one attached hydrogen (secondary N) is 1. The molecule has 0 unspecified atom stereocenters. The summed E-state index contributed by atoms with van der Waals surface area (Å²) < 4.78 is 6.99. The van der Waals surface area contributed by atoms with Crippen molar-refractivity contribution >= 4 is 17.3 Å². The van der Waals surface area contributed by atoms with Gasteiger partial charge in [-0.25, -0.2) is 9.50 Å². The maximum atomic E-state index is 8.82. The summed E-state index contributed by atoms with van der Waals surface area (Å²) in [4.78, 5) is 8.52. The summed E-state index contributed by atoms with van der Waals surface area (Å²) in [5.41, 5.74) is 3.73. The second-order valence-corrected chi connectivity index (χ2v) is 5.51. The van der Waals surface area contributed by atoms with Crippen molar-refractivity contribution in [3.05, 3.63) is 66.5 Å². The van der Waals surface area contributed by atoms with E-state index >= 15 is 0 Å². The van der Waals surface area contributed by atoms with Gasteiger partial charge in [0.15, 0.2) is 5.65 Å². The molecule has 3 aromatic heterocycles. The third-order valence-corrected chi connectivity index (χ3v) is 3.88. The molecule has 1 N–H and O–H groups in total. The molecule has 0 aliphatic rings. The first-order valence-corrected chi connectivity index (χ1v) is 7.90. The normalized spacial score (nSPS) is 10.5. The van der Waals surface area contributed by atoms with E-state index in [1.807, 2.05) is 48.5 Å². The Hall–Kier alpha value is -3.92. The van der Waals surface area contributed by atoms with Crippen molar-refractivity contribution in [2.24, 2.45) is 0 Å². The van der Waals surface area contributed by atoms with E-state index in [2.05, 4.69) is 20.4 Å². The lowest BCUT2D eigenvalue weighted by Gasteiger charge is -2.05. The molecule has 3 heterocycles. The Morgan fingerprint density at radius 3 is 2.62 bits per heavy atom. The standard InChI is InChI=1S/C19H14N6O/c1-26-16-9-5-13(6-10-16)17-3-2-4-18-23-19(24-25(17)18)22-15-8-7-14(11-20)21-12-15/h2-10,12H,1H3,(H,22,24). The highest BCUT2D eigenvalue weighted by atomic mass is 16.5. The first-order valence-electron chi connectivity index (χ1n) is 7.90. The van der Waals surface area contributed by atoms with E-state index in [-0.39, 0.29) is 0 Å². The van der Waals surface area contributed by atoms with Crippen molar-refractivity contribution in [3.8, 4) is 23.1 Å². The van der Waals surface area contributed by atoms with Gasteiger partial charge in [0, 0.05) is 5.56 Å². The molecule has 0 aliphatic heterocycles. The van der Waals surface area contributed by atoms with Crippen LogP contribution in [0, 0.1) is 11.3 Å². The molecule has 7 nitrogen and oxygen atoms in total. The number of anilines is 2. The van der Waals surface area contributed by atoms with Crippen molar-refractivity contribution in [2.45, 2.75) is 0 Å². The molecule has 7 heteroatoms. The Morgan fingerprint density at radius 2 is 1.92 bits per heavy atom. The van der Waals surface area contributed by atoms with Crippen LogP contribution in [0.15, 0.2) is 60.8 Å². The summed E-state index contributed by atoms with van der Waals surface area (Å²) in [6.45, 7) is 0. The fraction of sp³-hybridized carbons (Fsp3) is 0.0526. The number of fused-ring (bicyclic) bond motifs is 1. The largest absolute Gasteiger partial charge is 0.497 e. The number of ether oxygens (including phenoxy) is 1. The number of hydrogen-bond acceptors (Lipinski definition) is 6. The van der Waals surface area contributed by atoms with Crippen LogP contribution in [0.1, 0.15) is 5.69 Å². The van der Waals surface area contributed by atoms with Crippen molar-refractivity contribution in [2.75, 3.05) is 12.4 Å². The van der Waals surface area contributed by atoms with Crippen LogP contribution in [-0.2, 0) is 0 Å². The summed E-state index contributed by atoms with van der Waals surface area (Å²) in [6.07, 6.45) is 1.58. The maximum Gasteiger partial charge on any atom is 0.247 e. The Bertz CT molecular complexity index is 1090. The number of nitriles is 1. The summed E-state index contributed by atoms with van der Waals surface area (Å²) in [6, 6.07) is 19.0. The zero-order valence-corrected chi connectivity index (χ0v) is 13.9. The Balaban J connectivity index is 1.69. The summed E-state index contributed by atoms with van der Waals surface area (Å²) in [7, 11) is 1.64. The molecule has 0 bridgehead atoms. The van der Waals surface area contributed by atoms with Gasteiger partial charge >= 0.3 is 0 Å². The average Bonchev–Trinajstić information content (AvgIpc) is 3.11. The van der Waals surface area contributed by atoms with E-state index < -0.39 is 0 Å². The summed E-state index contributed by atoms with van der Waals surface area (Å²) in [5.74, 6) is 1.26. The van der Waals surface area contributed by atoms with Crippen LogP contribution in [0.4, 0.5) is 11.6 Å². The highest BCUT2D eigenvalue weighted by Crippen LogP contribution is 2.24. The molecule has 0 radical (unpaired) electrons. The predicted molar refractivity (Wildman–Crippen MR) is 97.2 cm³/mol. The summed E-state index contributed by atoms with van der Waals surface area (Å²) >= 11 is 0. The number of methoxy groups -OCH3 is 1. The first kappa shape index (κ1) is 15.6. The van der Waals surface area contributed by atoms with Crippen LogP contribution in [0.2, 0.25) is 0 Å².